The normalized spacial score (nSPS) is 20.7. The summed E-state index contributed by atoms with van der Waals surface area (Å²) in [6.45, 7) is 2.40. The first-order chi connectivity index (χ1) is 9.15. The van der Waals surface area contributed by atoms with Gasteiger partial charge in [0.1, 0.15) is 18.5 Å². The summed E-state index contributed by atoms with van der Waals surface area (Å²) < 4.78 is 10.9. The number of nitrogen functional groups attached to an aromatic ring is 1. The van der Waals surface area contributed by atoms with Crippen LogP contribution in [0.5, 0.6) is 5.75 Å². The third-order valence-corrected chi connectivity index (χ3v) is 3.33. The zero-order valence-electron chi connectivity index (χ0n) is 11.3. The van der Waals surface area contributed by atoms with Gasteiger partial charge < -0.3 is 20.3 Å². The number of benzene rings is 1. The van der Waals surface area contributed by atoms with Gasteiger partial charge in [0.25, 0.3) is 0 Å². The Hall–Kier alpha value is -1.30. The lowest BCUT2D eigenvalue weighted by Gasteiger charge is -2.25. The van der Waals surface area contributed by atoms with E-state index in [1.54, 1.807) is 12.1 Å². The molecule has 1 heterocycles. The van der Waals surface area contributed by atoms with Crippen molar-refractivity contribution in [3.05, 3.63) is 24.3 Å². The predicted molar refractivity (Wildman–Crippen MR) is 74.2 cm³/mol. The molecule has 5 nitrogen and oxygen atoms in total. The molecule has 0 aromatic heterocycles. The number of rotatable bonds is 6. The van der Waals surface area contributed by atoms with E-state index >= 15 is 0 Å². The molecule has 0 spiro atoms. The summed E-state index contributed by atoms with van der Waals surface area (Å²) in [6.07, 6.45) is 0.506. The van der Waals surface area contributed by atoms with E-state index < -0.39 is 6.10 Å². The summed E-state index contributed by atoms with van der Waals surface area (Å²) in [5, 5.41) is 9.97. The average molecular weight is 266 g/mol. The molecule has 2 rings (SSSR count). The van der Waals surface area contributed by atoms with Gasteiger partial charge in [0.15, 0.2) is 0 Å². The lowest BCUT2D eigenvalue weighted by atomic mass is 10.2. The average Bonchev–Trinajstić information content (AvgIpc) is 2.90. The Labute approximate surface area is 113 Å². The van der Waals surface area contributed by atoms with E-state index in [1.165, 1.54) is 0 Å². The summed E-state index contributed by atoms with van der Waals surface area (Å²) in [6, 6.07) is 7.62. The summed E-state index contributed by atoms with van der Waals surface area (Å²) in [5.41, 5.74) is 6.32. The van der Waals surface area contributed by atoms with Crippen LogP contribution in [0.15, 0.2) is 24.3 Å². The van der Waals surface area contributed by atoms with Crippen LogP contribution in [-0.2, 0) is 4.74 Å². The van der Waals surface area contributed by atoms with E-state index in [9.17, 15) is 5.11 Å². The van der Waals surface area contributed by atoms with Crippen LogP contribution in [0.2, 0.25) is 0 Å². The molecule has 106 valence electrons. The van der Waals surface area contributed by atoms with Crippen molar-refractivity contribution < 1.29 is 14.6 Å². The highest BCUT2D eigenvalue weighted by Crippen LogP contribution is 2.15. The molecule has 1 aliphatic rings. The number of anilines is 1. The first-order valence-electron chi connectivity index (χ1n) is 6.59. The monoisotopic (exact) mass is 266 g/mol. The van der Waals surface area contributed by atoms with Gasteiger partial charge in [0, 0.05) is 30.9 Å². The summed E-state index contributed by atoms with van der Waals surface area (Å²) in [5.74, 6) is 0.686. The van der Waals surface area contributed by atoms with E-state index in [1.807, 2.05) is 19.2 Å². The van der Waals surface area contributed by atoms with Crippen LogP contribution < -0.4 is 10.5 Å². The van der Waals surface area contributed by atoms with Crippen LogP contribution >= 0.6 is 0 Å². The Morgan fingerprint density at radius 2 is 2.42 bits per heavy atom. The molecule has 5 heteroatoms. The zero-order valence-corrected chi connectivity index (χ0v) is 11.3. The maximum absolute atomic E-state index is 9.97. The van der Waals surface area contributed by atoms with Gasteiger partial charge >= 0.3 is 0 Å². The van der Waals surface area contributed by atoms with Crippen molar-refractivity contribution >= 4 is 5.69 Å². The third-order valence-electron chi connectivity index (χ3n) is 3.33. The molecule has 1 saturated heterocycles. The van der Waals surface area contributed by atoms with Crippen molar-refractivity contribution in [3.8, 4) is 5.75 Å². The van der Waals surface area contributed by atoms with Gasteiger partial charge in [0.2, 0.25) is 0 Å². The first-order valence-corrected chi connectivity index (χ1v) is 6.59. The van der Waals surface area contributed by atoms with Crippen molar-refractivity contribution in [3.63, 3.8) is 0 Å². The molecule has 1 aliphatic heterocycles. The summed E-state index contributed by atoms with van der Waals surface area (Å²) in [7, 11) is 2.00. The van der Waals surface area contributed by atoms with E-state index in [0.29, 0.717) is 24.0 Å². The van der Waals surface area contributed by atoms with Crippen LogP contribution in [0, 0.1) is 0 Å². The van der Waals surface area contributed by atoms with Crippen LogP contribution in [-0.4, -0.2) is 55.6 Å². The molecule has 2 atom stereocenters. The smallest absolute Gasteiger partial charge is 0.121 e. The SMILES string of the molecule is CN(CC(O)COc1cccc(N)c1)C1CCOC1. The summed E-state index contributed by atoms with van der Waals surface area (Å²) in [4.78, 5) is 2.13. The van der Waals surface area contributed by atoms with Crippen molar-refractivity contribution in [2.24, 2.45) is 0 Å². The number of aliphatic hydroxyl groups is 1. The van der Waals surface area contributed by atoms with Gasteiger partial charge in [-0.2, -0.15) is 0 Å². The maximum atomic E-state index is 9.97. The Morgan fingerprint density at radius 1 is 1.58 bits per heavy atom. The van der Waals surface area contributed by atoms with Crippen LogP contribution in [0.25, 0.3) is 0 Å². The minimum absolute atomic E-state index is 0.265. The largest absolute Gasteiger partial charge is 0.491 e. The highest BCUT2D eigenvalue weighted by atomic mass is 16.5. The van der Waals surface area contributed by atoms with E-state index in [-0.39, 0.29) is 6.61 Å². The van der Waals surface area contributed by atoms with Crippen LogP contribution in [0.1, 0.15) is 6.42 Å². The minimum atomic E-state index is -0.521. The number of aliphatic hydroxyl groups excluding tert-OH is 1. The van der Waals surface area contributed by atoms with Crippen molar-refractivity contribution in [2.45, 2.75) is 18.6 Å². The second-order valence-corrected chi connectivity index (χ2v) is 4.99. The second kappa shape index (κ2) is 6.75. The van der Waals surface area contributed by atoms with E-state index in [4.69, 9.17) is 15.2 Å². The van der Waals surface area contributed by atoms with Crippen molar-refractivity contribution in [1.29, 1.82) is 0 Å². The van der Waals surface area contributed by atoms with Gasteiger partial charge in [-0.25, -0.2) is 0 Å². The Bertz CT molecular complexity index is 394. The maximum Gasteiger partial charge on any atom is 0.121 e. The molecule has 1 aromatic carbocycles. The standard InChI is InChI=1S/C14H22N2O3/c1-16(12-5-6-18-9-12)8-13(17)10-19-14-4-2-3-11(15)7-14/h2-4,7,12-13,17H,5-6,8-10,15H2,1H3. The number of nitrogens with zero attached hydrogens (tertiary/aromatic N) is 1. The summed E-state index contributed by atoms with van der Waals surface area (Å²) >= 11 is 0. The number of ether oxygens (including phenoxy) is 2. The fourth-order valence-corrected chi connectivity index (χ4v) is 2.20. The first kappa shape index (κ1) is 14.1. The van der Waals surface area contributed by atoms with E-state index in [2.05, 4.69) is 4.90 Å². The molecular formula is C14H22N2O3. The predicted octanol–water partition coefficient (Wildman–Crippen LogP) is 0.729. The van der Waals surface area contributed by atoms with Gasteiger partial charge in [0.05, 0.1) is 6.61 Å². The number of hydrogen-bond acceptors (Lipinski definition) is 5. The molecule has 0 aliphatic carbocycles. The Balaban J connectivity index is 1.73. The van der Waals surface area contributed by atoms with Gasteiger partial charge in [-0.05, 0) is 25.6 Å². The highest BCUT2D eigenvalue weighted by Gasteiger charge is 2.22. The molecule has 1 aromatic rings. The van der Waals surface area contributed by atoms with Crippen LogP contribution in [0.3, 0.4) is 0 Å². The van der Waals surface area contributed by atoms with Crippen molar-refractivity contribution in [1.82, 2.24) is 4.90 Å². The zero-order chi connectivity index (χ0) is 13.7. The minimum Gasteiger partial charge on any atom is -0.491 e. The molecule has 19 heavy (non-hydrogen) atoms. The number of hydrogen-bond donors (Lipinski definition) is 2. The molecule has 1 fully saturated rings. The molecule has 0 radical (unpaired) electrons. The van der Waals surface area contributed by atoms with Crippen LogP contribution in [0.4, 0.5) is 5.69 Å². The lowest BCUT2D eigenvalue weighted by molar-refractivity contribution is 0.0597. The molecule has 0 bridgehead atoms. The molecule has 2 unspecified atom stereocenters. The second-order valence-electron chi connectivity index (χ2n) is 4.99. The topological polar surface area (TPSA) is 68.0 Å². The molecular weight excluding hydrogens is 244 g/mol. The Morgan fingerprint density at radius 3 is 3.11 bits per heavy atom. The quantitative estimate of drug-likeness (QED) is 0.743. The van der Waals surface area contributed by atoms with Gasteiger partial charge in [-0.15, -0.1) is 0 Å². The van der Waals surface area contributed by atoms with E-state index in [0.717, 1.165) is 19.6 Å². The molecule has 0 saturated carbocycles. The number of nitrogens with two attached hydrogens (primary N) is 1. The van der Waals surface area contributed by atoms with Gasteiger partial charge in [-0.3, -0.25) is 4.90 Å². The fraction of sp³-hybridized carbons (Fsp3) is 0.571. The molecule has 3 N–H and O–H groups in total. The molecule has 0 amide bonds. The Kier molecular flexibility index (Phi) is 5.01. The fourth-order valence-electron chi connectivity index (χ4n) is 2.20. The number of likely N-dealkylation sites (N-methyl/N-ethyl adjacent to an activating group) is 1. The highest BCUT2D eigenvalue weighted by molar-refractivity contribution is 5.43. The van der Waals surface area contributed by atoms with Gasteiger partial charge in [-0.1, -0.05) is 6.07 Å². The van der Waals surface area contributed by atoms with Crippen molar-refractivity contribution in [2.75, 3.05) is 39.1 Å². The third kappa shape index (κ3) is 4.38. The lowest BCUT2D eigenvalue weighted by Crippen LogP contribution is -2.39.